The Balaban J connectivity index is 1.83. The first kappa shape index (κ1) is 11.6. The highest BCUT2D eigenvalue weighted by Crippen LogP contribution is 2.30. The molecule has 1 unspecified atom stereocenters. The molecule has 0 saturated carbocycles. The molecule has 1 aromatic rings. The van der Waals surface area contributed by atoms with Crippen molar-refractivity contribution < 1.29 is 9.90 Å². The van der Waals surface area contributed by atoms with Crippen LogP contribution in [0.15, 0.2) is 17.5 Å². The molecule has 16 heavy (non-hydrogen) atoms. The Morgan fingerprint density at radius 1 is 1.69 bits per heavy atom. The van der Waals surface area contributed by atoms with Crippen molar-refractivity contribution >= 4 is 17.3 Å². The lowest BCUT2D eigenvalue weighted by atomic mass is 9.90. The predicted octanol–water partition coefficient (Wildman–Crippen LogP) is 2.09. The van der Waals surface area contributed by atoms with Gasteiger partial charge < -0.3 is 10.0 Å². The van der Waals surface area contributed by atoms with Gasteiger partial charge in [-0.3, -0.25) is 4.79 Å². The van der Waals surface area contributed by atoms with Crippen LogP contribution in [0.4, 0.5) is 0 Å². The van der Waals surface area contributed by atoms with Crippen LogP contribution in [0, 0.1) is 5.41 Å². The molecule has 0 aromatic carbocycles. The zero-order valence-corrected chi connectivity index (χ0v) is 10.3. The average molecular weight is 239 g/mol. The summed E-state index contributed by atoms with van der Waals surface area (Å²) in [6.07, 6.45) is 1.81. The van der Waals surface area contributed by atoms with Crippen molar-refractivity contribution in [3.8, 4) is 0 Å². The Labute approximate surface area is 99.7 Å². The first-order valence-electron chi connectivity index (χ1n) is 5.58. The second kappa shape index (κ2) is 4.55. The lowest BCUT2D eigenvalue weighted by Gasteiger charge is -2.19. The van der Waals surface area contributed by atoms with Gasteiger partial charge in [-0.05, 0) is 37.8 Å². The van der Waals surface area contributed by atoms with Gasteiger partial charge >= 0.3 is 5.97 Å². The van der Waals surface area contributed by atoms with Gasteiger partial charge in [-0.25, -0.2) is 0 Å². The number of carbonyl (C=O) groups is 1. The molecule has 3 nitrogen and oxygen atoms in total. The van der Waals surface area contributed by atoms with E-state index in [1.165, 1.54) is 4.88 Å². The second-order valence-electron chi connectivity index (χ2n) is 4.72. The SMILES string of the molecule is CC1(C(=O)O)CCN(CCc2cccs2)C1. The lowest BCUT2D eigenvalue weighted by molar-refractivity contribution is -0.147. The average Bonchev–Trinajstić information content (AvgIpc) is 2.85. The fourth-order valence-electron chi connectivity index (χ4n) is 2.15. The van der Waals surface area contributed by atoms with Gasteiger partial charge in [0, 0.05) is 18.0 Å². The Bertz CT molecular complexity index is 363. The summed E-state index contributed by atoms with van der Waals surface area (Å²) in [7, 11) is 0. The van der Waals surface area contributed by atoms with Gasteiger partial charge in [-0.1, -0.05) is 6.07 Å². The molecule has 2 heterocycles. The minimum atomic E-state index is -0.661. The molecule has 0 spiro atoms. The summed E-state index contributed by atoms with van der Waals surface area (Å²) in [6.45, 7) is 4.42. The van der Waals surface area contributed by atoms with Crippen molar-refractivity contribution in [2.75, 3.05) is 19.6 Å². The van der Waals surface area contributed by atoms with E-state index in [4.69, 9.17) is 5.11 Å². The molecule has 1 aliphatic heterocycles. The van der Waals surface area contributed by atoms with Crippen molar-refractivity contribution in [1.29, 1.82) is 0 Å². The van der Waals surface area contributed by atoms with E-state index < -0.39 is 11.4 Å². The van der Waals surface area contributed by atoms with E-state index in [9.17, 15) is 4.79 Å². The summed E-state index contributed by atoms with van der Waals surface area (Å²) in [5, 5.41) is 11.2. The molecule has 4 heteroatoms. The molecule has 1 aromatic heterocycles. The molecule has 2 rings (SSSR count). The van der Waals surface area contributed by atoms with Crippen LogP contribution in [0.5, 0.6) is 0 Å². The monoisotopic (exact) mass is 239 g/mol. The zero-order valence-electron chi connectivity index (χ0n) is 9.48. The maximum Gasteiger partial charge on any atom is 0.310 e. The maximum atomic E-state index is 11.1. The van der Waals surface area contributed by atoms with Gasteiger partial charge in [0.25, 0.3) is 0 Å². The van der Waals surface area contributed by atoms with Crippen LogP contribution in [0.1, 0.15) is 18.2 Å². The Morgan fingerprint density at radius 3 is 3.06 bits per heavy atom. The second-order valence-corrected chi connectivity index (χ2v) is 5.75. The number of hydrogen-bond donors (Lipinski definition) is 1. The predicted molar refractivity (Wildman–Crippen MR) is 64.8 cm³/mol. The number of rotatable bonds is 4. The van der Waals surface area contributed by atoms with Gasteiger partial charge in [0.15, 0.2) is 0 Å². The summed E-state index contributed by atoms with van der Waals surface area (Å²) in [6, 6.07) is 4.20. The van der Waals surface area contributed by atoms with Crippen LogP contribution < -0.4 is 0 Å². The molecule has 1 N–H and O–H groups in total. The highest BCUT2D eigenvalue weighted by Gasteiger charge is 2.39. The largest absolute Gasteiger partial charge is 0.481 e. The lowest BCUT2D eigenvalue weighted by Crippen LogP contribution is -2.32. The van der Waals surface area contributed by atoms with Crippen molar-refractivity contribution in [3.05, 3.63) is 22.4 Å². The highest BCUT2D eigenvalue weighted by atomic mass is 32.1. The van der Waals surface area contributed by atoms with Crippen molar-refractivity contribution in [1.82, 2.24) is 4.90 Å². The Hall–Kier alpha value is -0.870. The van der Waals surface area contributed by atoms with Crippen LogP contribution in [-0.4, -0.2) is 35.6 Å². The Kier molecular flexibility index (Phi) is 3.30. The van der Waals surface area contributed by atoms with E-state index in [1.807, 2.05) is 6.92 Å². The maximum absolute atomic E-state index is 11.1. The quantitative estimate of drug-likeness (QED) is 0.874. The summed E-state index contributed by atoms with van der Waals surface area (Å²) in [5.74, 6) is -0.661. The molecular weight excluding hydrogens is 222 g/mol. The number of nitrogens with zero attached hydrogens (tertiary/aromatic N) is 1. The Morgan fingerprint density at radius 2 is 2.50 bits per heavy atom. The third kappa shape index (κ3) is 2.44. The third-order valence-electron chi connectivity index (χ3n) is 3.32. The molecule has 1 saturated heterocycles. The summed E-state index contributed by atoms with van der Waals surface area (Å²) >= 11 is 1.77. The van der Waals surface area contributed by atoms with Gasteiger partial charge in [0.1, 0.15) is 0 Å². The number of carboxylic acids is 1. The highest BCUT2D eigenvalue weighted by molar-refractivity contribution is 7.09. The van der Waals surface area contributed by atoms with Crippen molar-refractivity contribution in [2.24, 2.45) is 5.41 Å². The molecule has 88 valence electrons. The molecular formula is C12H17NO2S. The summed E-state index contributed by atoms with van der Waals surface area (Å²) in [5.41, 5.74) is -0.532. The first-order valence-corrected chi connectivity index (χ1v) is 6.46. The molecule has 1 fully saturated rings. The fraction of sp³-hybridized carbons (Fsp3) is 0.583. The van der Waals surface area contributed by atoms with Crippen LogP contribution >= 0.6 is 11.3 Å². The smallest absolute Gasteiger partial charge is 0.310 e. The topological polar surface area (TPSA) is 40.5 Å². The first-order chi connectivity index (χ1) is 7.60. The standard InChI is InChI=1S/C12H17NO2S/c1-12(11(14)15)5-7-13(9-12)6-4-10-3-2-8-16-10/h2-3,8H,4-7,9H2,1H3,(H,14,15). The van der Waals surface area contributed by atoms with E-state index in [0.29, 0.717) is 6.54 Å². The van der Waals surface area contributed by atoms with E-state index in [2.05, 4.69) is 22.4 Å². The van der Waals surface area contributed by atoms with E-state index in [-0.39, 0.29) is 0 Å². The molecule has 0 radical (unpaired) electrons. The van der Waals surface area contributed by atoms with Crippen molar-refractivity contribution in [3.63, 3.8) is 0 Å². The number of likely N-dealkylation sites (tertiary alicyclic amines) is 1. The van der Waals surface area contributed by atoms with Crippen LogP contribution in [0.2, 0.25) is 0 Å². The van der Waals surface area contributed by atoms with Crippen LogP contribution in [0.3, 0.4) is 0 Å². The van der Waals surface area contributed by atoms with Gasteiger partial charge in [-0.15, -0.1) is 11.3 Å². The molecule has 0 amide bonds. The zero-order chi connectivity index (χ0) is 11.6. The number of hydrogen-bond acceptors (Lipinski definition) is 3. The van der Waals surface area contributed by atoms with E-state index in [1.54, 1.807) is 11.3 Å². The van der Waals surface area contributed by atoms with Crippen LogP contribution in [0.25, 0.3) is 0 Å². The molecule has 1 aliphatic rings. The van der Waals surface area contributed by atoms with Gasteiger partial charge in [-0.2, -0.15) is 0 Å². The van der Waals surface area contributed by atoms with Crippen LogP contribution in [-0.2, 0) is 11.2 Å². The van der Waals surface area contributed by atoms with Gasteiger partial charge in [0.2, 0.25) is 0 Å². The normalized spacial score (nSPS) is 26.1. The third-order valence-corrected chi connectivity index (χ3v) is 4.26. The minimum Gasteiger partial charge on any atom is -0.481 e. The molecule has 0 aliphatic carbocycles. The summed E-state index contributed by atoms with van der Waals surface area (Å²) < 4.78 is 0. The fourth-order valence-corrected chi connectivity index (χ4v) is 2.84. The minimum absolute atomic E-state index is 0.532. The van der Waals surface area contributed by atoms with Gasteiger partial charge in [0.05, 0.1) is 5.41 Å². The van der Waals surface area contributed by atoms with E-state index >= 15 is 0 Å². The molecule has 1 atom stereocenters. The van der Waals surface area contributed by atoms with E-state index in [0.717, 1.165) is 25.9 Å². The number of thiophene rings is 1. The van der Waals surface area contributed by atoms with Crippen molar-refractivity contribution in [2.45, 2.75) is 19.8 Å². The number of aliphatic carboxylic acids is 1. The number of carboxylic acid groups (broad SMARTS) is 1. The molecule has 0 bridgehead atoms. The summed E-state index contributed by atoms with van der Waals surface area (Å²) in [4.78, 5) is 14.7.